The molecule has 0 saturated heterocycles. The number of fused-ring (bicyclic) bond motifs is 1. The molecule has 0 bridgehead atoms. The molecule has 1 aromatic heterocycles. The van der Waals surface area contributed by atoms with Crippen LogP contribution in [0.4, 0.5) is 5.69 Å². The molecule has 1 unspecified atom stereocenters. The van der Waals surface area contributed by atoms with E-state index in [0.29, 0.717) is 22.8 Å². The zero-order valence-corrected chi connectivity index (χ0v) is 18.8. The lowest BCUT2D eigenvalue weighted by molar-refractivity contribution is -0.123. The topological polar surface area (TPSA) is 81.7 Å². The van der Waals surface area contributed by atoms with Gasteiger partial charge in [-0.15, -0.1) is 0 Å². The van der Waals surface area contributed by atoms with Gasteiger partial charge in [0.15, 0.2) is 11.5 Å². The van der Waals surface area contributed by atoms with E-state index in [9.17, 15) is 4.79 Å². The number of nitrogens with one attached hydrogen (secondary N) is 2. The number of nitrogens with zero attached hydrogens (tertiary/aromatic N) is 1. The Bertz CT molecular complexity index is 1050. The van der Waals surface area contributed by atoms with Crippen LogP contribution in [0.2, 0.25) is 0 Å². The summed E-state index contributed by atoms with van der Waals surface area (Å²) in [5.74, 6) is 1.23. The van der Waals surface area contributed by atoms with Gasteiger partial charge >= 0.3 is 0 Å². The third kappa shape index (κ3) is 5.17. The number of hydrogen-bond acceptors (Lipinski definition) is 6. The van der Waals surface area contributed by atoms with Crippen LogP contribution in [-0.2, 0) is 4.79 Å². The second-order valence-corrected chi connectivity index (χ2v) is 8.19. The van der Waals surface area contributed by atoms with Crippen LogP contribution in [-0.4, -0.2) is 37.8 Å². The van der Waals surface area contributed by atoms with Gasteiger partial charge in [-0.05, 0) is 50.6 Å². The first kappa shape index (κ1) is 22.2. The largest absolute Gasteiger partial charge is 0.493 e. The Balaban J connectivity index is 2.06. The average Bonchev–Trinajstić information content (AvgIpc) is 2.75. The number of rotatable bonds is 7. The first-order chi connectivity index (χ1) is 14.8. The van der Waals surface area contributed by atoms with Gasteiger partial charge in [-0.3, -0.25) is 9.78 Å². The third-order valence-electron chi connectivity index (χ3n) is 4.68. The minimum absolute atomic E-state index is 0.185. The minimum Gasteiger partial charge on any atom is -0.493 e. The van der Waals surface area contributed by atoms with Gasteiger partial charge in [0.2, 0.25) is 11.7 Å². The van der Waals surface area contributed by atoms with E-state index in [1.807, 2.05) is 51.1 Å². The van der Waals surface area contributed by atoms with E-state index in [-0.39, 0.29) is 5.91 Å². The minimum atomic E-state index is -0.712. The Morgan fingerprint density at radius 3 is 2.19 bits per heavy atom. The predicted molar refractivity (Wildman–Crippen MR) is 122 cm³/mol. The van der Waals surface area contributed by atoms with Crippen molar-refractivity contribution in [3.8, 4) is 17.2 Å². The second-order valence-electron chi connectivity index (χ2n) is 8.19. The fourth-order valence-electron chi connectivity index (χ4n) is 3.33. The number of carbonyl (C=O) groups is 1. The number of amides is 1. The third-order valence-corrected chi connectivity index (χ3v) is 4.68. The van der Waals surface area contributed by atoms with Gasteiger partial charge < -0.3 is 24.8 Å². The normalized spacial score (nSPS) is 12.2. The molecule has 31 heavy (non-hydrogen) atoms. The fourth-order valence-corrected chi connectivity index (χ4v) is 3.33. The molecule has 2 aromatic carbocycles. The summed E-state index contributed by atoms with van der Waals surface area (Å²) in [4.78, 5) is 17.8. The molecule has 7 nitrogen and oxygen atoms in total. The molecule has 0 aliphatic carbocycles. The van der Waals surface area contributed by atoms with Crippen LogP contribution < -0.4 is 24.8 Å². The van der Waals surface area contributed by atoms with E-state index >= 15 is 0 Å². The summed E-state index contributed by atoms with van der Waals surface area (Å²) in [6.45, 7) is 5.82. The van der Waals surface area contributed by atoms with E-state index in [0.717, 1.165) is 16.6 Å². The number of para-hydroxylation sites is 1. The first-order valence-corrected chi connectivity index (χ1v) is 9.99. The Morgan fingerprint density at radius 2 is 1.61 bits per heavy atom. The van der Waals surface area contributed by atoms with Crippen molar-refractivity contribution in [2.24, 2.45) is 0 Å². The molecule has 0 aliphatic heterocycles. The highest BCUT2D eigenvalue weighted by molar-refractivity contribution is 5.88. The van der Waals surface area contributed by atoms with E-state index in [4.69, 9.17) is 14.2 Å². The van der Waals surface area contributed by atoms with Gasteiger partial charge in [0.05, 0.1) is 38.7 Å². The van der Waals surface area contributed by atoms with Crippen molar-refractivity contribution in [1.29, 1.82) is 0 Å². The molecule has 0 fully saturated rings. The highest BCUT2D eigenvalue weighted by Gasteiger charge is 2.27. The summed E-state index contributed by atoms with van der Waals surface area (Å²) in [6, 6.07) is 12.6. The monoisotopic (exact) mass is 423 g/mol. The molecule has 1 heterocycles. The zero-order valence-electron chi connectivity index (χ0n) is 18.8. The number of benzene rings is 2. The van der Waals surface area contributed by atoms with E-state index in [1.165, 1.54) is 0 Å². The van der Waals surface area contributed by atoms with Crippen LogP contribution in [0, 0.1) is 0 Å². The first-order valence-electron chi connectivity index (χ1n) is 9.99. The van der Waals surface area contributed by atoms with Gasteiger partial charge in [0, 0.05) is 10.9 Å². The lowest BCUT2D eigenvalue weighted by atomic mass is 10.0. The van der Waals surface area contributed by atoms with Crippen LogP contribution in [0.25, 0.3) is 10.9 Å². The molecule has 0 aliphatic rings. The number of carbonyl (C=O) groups excluding carboxylic acids is 1. The van der Waals surface area contributed by atoms with Gasteiger partial charge in [-0.25, -0.2) is 0 Å². The van der Waals surface area contributed by atoms with E-state index < -0.39 is 11.6 Å². The highest BCUT2D eigenvalue weighted by atomic mass is 16.5. The standard InChI is InChI=1S/C24H29N3O4/c1-24(2,3)27-23(28)21(16-12-19(29-4)22(31-6)20(13-16)30-5)26-17-11-15-9-7-8-10-18(15)25-14-17/h7-14,21,26H,1-6H3,(H,27,28). The van der Waals surface area contributed by atoms with Gasteiger partial charge in [-0.2, -0.15) is 0 Å². The molecular weight excluding hydrogens is 394 g/mol. The fraction of sp³-hybridized carbons (Fsp3) is 0.333. The molecule has 1 atom stereocenters. The van der Waals surface area contributed by atoms with Crippen LogP contribution >= 0.6 is 0 Å². The Kier molecular flexibility index (Phi) is 6.53. The van der Waals surface area contributed by atoms with Gasteiger partial charge in [0.25, 0.3) is 0 Å². The Hall–Kier alpha value is -3.48. The van der Waals surface area contributed by atoms with Crippen molar-refractivity contribution in [1.82, 2.24) is 10.3 Å². The molecule has 3 rings (SSSR count). The maximum atomic E-state index is 13.3. The van der Waals surface area contributed by atoms with Crippen molar-refractivity contribution >= 4 is 22.5 Å². The molecule has 0 spiro atoms. The van der Waals surface area contributed by atoms with Crippen molar-refractivity contribution in [2.45, 2.75) is 32.4 Å². The Labute approximate surface area is 182 Å². The van der Waals surface area contributed by atoms with Crippen molar-refractivity contribution < 1.29 is 19.0 Å². The molecule has 0 radical (unpaired) electrons. The molecule has 0 saturated carbocycles. The summed E-state index contributed by atoms with van der Waals surface area (Å²) in [5.41, 5.74) is 1.88. The van der Waals surface area contributed by atoms with E-state index in [1.54, 1.807) is 39.7 Å². The predicted octanol–water partition coefficient (Wildman–Crippen LogP) is 4.33. The molecule has 2 N–H and O–H groups in total. The van der Waals surface area contributed by atoms with Gasteiger partial charge in [0.1, 0.15) is 6.04 Å². The lowest BCUT2D eigenvalue weighted by Gasteiger charge is -2.27. The molecular formula is C24H29N3O4. The number of anilines is 1. The maximum Gasteiger partial charge on any atom is 0.247 e. The molecule has 7 heteroatoms. The van der Waals surface area contributed by atoms with E-state index in [2.05, 4.69) is 15.6 Å². The molecule has 3 aromatic rings. The quantitative estimate of drug-likeness (QED) is 0.589. The second kappa shape index (κ2) is 9.12. The summed E-state index contributed by atoms with van der Waals surface area (Å²) in [7, 11) is 4.64. The summed E-state index contributed by atoms with van der Waals surface area (Å²) < 4.78 is 16.4. The smallest absolute Gasteiger partial charge is 0.247 e. The van der Waals surface area contributed by atoms with Crippen LogP contribution in [0.3, 0.4) is 0 Å². The number of aromatic nitrogens is 1. The number of methoxy groups -OCH3 is 3. The SMILES string of the molecule is COc1cc(C(Nc2cnc3ccccc3c2)C(=O)NC(C)(C)C)cc(OC)c1OC. The van der Waals surface area contributed by atoms with Gasteiger partial charge in [-0.1, -0.05) is 18.2 Å². The maximum absolute atomic E-state index is 13.3. The number of ether oxygens (including phenoxy) is 3. The van der Waals surface area contributed by atoms with Crippen LogP contribution in [0.5, 0.6) is 17.2 Å². The van der Waals surface area contributed by atoms with Crippen LogP contribution in [0.1, 0.15) is 32.4 Å². The average molecular weight is 424 g/mol. The Morgan fingerprint density at radius 1 is 0.968 bits per heavy atom. The molecule has 164 valence electrons. The van der Waals surface area contributed by atoms with Crippen molar-refractivity contribution in [2.75, 3.05) is 26.6 Å². The summed E-state index contributed by atoms with van der Waals surface area (Å²) >= 11 is 0. The number of pyridine rings is 1. The van der Waals surface area contributed by atoms with Crippen molar-refractivity contribution in [3.63, 3.8) is 0 Å². The number of hydrogen-bond donors (Lipinski definition) is 2. The summed E-state index contributed by atoms with van der Waals surface area (Å²) in [5, 5.41) is 7.35. The summed E-state index contributed by atoms with van der Waals surface area (Å²) in [6.07, 6.45) is 1.72. The highest BCUT2D eigenvalue weighted by Crippen LogP contribution is 2.40. The zero-order chi connectivity index (χ0) is 22.6. The molecule has 1 amide bonds. The van der Waals surface area contributed by atoms with Crippen molar-refractivity contribution in [3.05, 3.63) is 54.2 Å². The van der Waals surface area contributed by atoms with Crippen LogP contribution in [0.15, 0.2) is 48.7 Å². The lowest BCUT2D eigenvalue weighted by Crippen LogP contribution is -2.44.